The first-order chi connectivity index (χ1) is 30.2. The van der Waals surface area contributed by atoms with Gasteiger partial charge < -0.3 is 77.1 Å². The summed E-state index contributed by atoms with van der Waals surface area (Å²) in [5, 5.41) is 25.6. The zero-order valence-electron chi connectivity index (χ0n) is 37.2. The Hall–Kier alpha value is -6.72. The van der Waals surface area contributed by atoms with Crippen molar-refractivity contribution in [2.45, 2.75) is 115 Å². The number of rotatable bonds is 30. The summed E-state index contributed by atoms with van der Waals surface area (Å²) in [5.41, 5.74) is 38.8. The van der Waals surface area contributed by atoms with E-state index < -0.39 is 96.0 Å². The second-order valence-corrected chi connectivity index (χ2v) is 15.5. The monoisotopic (exact) mass is 903 g/mol. The van der Waals surface area contributed by atoms with Gasteiger partial charge >= 0.3 is 5.97 Å². The highest BCUT2D eigenvalue weighted by atomic mass is 16.4. The summed E-state index contributed by atoms with van der Waals surface area (Å²) in [6.45, 7) is 6.67. The number of aliphatic carboxylic acids is 1. The fraction of sp³-hybridized carbons (Fsp3) is 0.600. The standard InChI is InChI=1S/C40H70N16O8/c1-5-23(4)31(36(62)53-27(16-11-19-50-40(46)47)34(60)55-30(22(2)3)37(63)64)56-35(61)28(20-24-12-7-6-8-13-24)54-33(59)26(15-10-18-49-39(44)45)52-32(58)25(51-29(57)21-41)14-9-17-48-38(42)43/h6-8,12-13,22-23,25-28,30-31H,5,9-11,14-21,41H2,1-4H3,(H,51,57)(H,52,58)(H,53,62)(H,54,59)(H,55,60)(H,56,61)(H,63,64)(H4,42,43,48)(H4,44,45,49)(H4,46,47,50)/t23-,25-,26-,27-,28-,30-,31-/m0/s1. The lowest BCUT2D eigenvalue weighted by atomic mass is 9.96. The number of carbonyl (C=O) groups excluding carboxylic acids is 6. The van der Waals surface area contributed by atoms with Crippen molar-refractivity contribution >= 4 is 59.3 Å². The number of aliphatic imine (C=N–C) groups is 3. The molecule has 7 atom stereocenters. The average molecular weight is 903 g/mol. The molecule has 64 heavy (non-hydrogen) atoms. The number of benzene rings is 1. The van der Waals surface area contributed by atoms with Crippen molar-refractivity contribution in [3.63, 3.8) is 0 Å². The lowest BCUT2D eigenvalue weighted by Crippen LogP contribution is -2.61. The first-order valence-corrected chi connectivity index (χ1v) is 21.1. The third kappa shape index (κ3) is 21.9. The van der Waals surface area contributed by atoms with E-state index in [1.54, 1.807) is 58.0 Å². The van der Waals surface area contributed by atoms with Crippen LogP contribution in [0.25, 0.3) is 0 Å². The van der Waals surface area contributed by atoms with Gasteiger partial charge in [-0.25, -0.2) is 4.79 Å². The number of amides is 6. The molecule has 0 fully saturated rings. The molecule has 21 N–H and O–H groups in total. The molecule has 1 rings (SSSR count). The van der Waals surface area contributed by atoms with Gasteiger partial charge in [0.1, 0.15) is 36.3 Å². The Morgan fingerprint density at radius 1 is 0.562 bits per heavy atom. The van der Waals surface area contributed by atoms with Crippen LogP contribution in [0.2, 0.25) is 0 Å². The largest absolute Gasteiger partial charge is 0.480 e. The maximum Gasteiger partial charge on any atom is 0.326 e. The second kappa shape index (κ2) is 29.6. The maximum atomic E-state index is 14.3. The van der Waals surface area contributed by atoms with E-state index in [4.69, 9.17) is 40.1 Å². The minimum atomic E-state index is -1.32. The molecule has 24 heteroatoms. The fourth-order valence-electron chi connectivity index (χ4n) is 6.16. The Morgan fingerprint density at radius 2 is 0.953 bits per heavy atom. The Balaban J connectivity index is 3.57. The molecule has 1 aromatic rings. The first kappa shape index (κ1) is 55.3. The van der Waals surface area contributed by atoms with Crippen molar-refractivity contribution in [3.05, 3.63) is 35.9 Å². The summed E-state index contributed by atoms with van der Waals surface area (Å²) >= 11 is 0. The molecule has 0 saturated carbocycles. The van der Waals surface area contributed by atoms with Gasteiger partial charge in [-0.2, -0.15) is 0 Å². The quantitative estimate of drug-likeness (QED) is 0.0199. The van der Waals surface area contributed by atoms with E-state index in [1.165, 1.54) is 0 Å². The van der Waals surface area contributed by atoms with E-state index in [9.17, 15) is 38.7 Å². The highest BCUT2D eigenvalue weighted by molar-refractivity contribution is 5.97. The number of nitrogens with two attached hydrogens (primary N) is 7. The molecule has 1 aromatic carbocycles. The molecule has 0 radical (unpaired) electrons. The number of guanidine groups is 3. The van der Waals surface area contributed by atoms with Gasteiger partial charge in [-0.1, -0.05) is 64.4 Å². The number of hydrogen-bond donors (Lipinski definition) is 14. The Kier molecular flexibility index (Phi) is 25.5. The van der Waals surface area contributed by atoms with Gasteiger partial charge in [0.2, 0.25) is 35.4 Å². The van der Waals surface area contributed by atoms with Crippen LogP contribution >= 0.6 is 0 Å². The van der Waals surface area contributed by atoms with E-state index in [-0.39, 0.29) is 82.5 Å². The van der Waals surface area contributed by atoms with Crippen LogP contribution in [0.3, 0.4) is 0 Å². The molecule has 0 aliphatic carbocycles. The molecule has 358 valence electrons. The van der Waals surface area contributed by atoms with Crippen molar-refractivity contribution < 1.29 is 38.7 Å². The van der Waals surface area contributed by atoms with Gasteiger partial charge in [-0.3, -0.25) is 43.7 Å². The SMILES string of the molecule is CC[C@H](C)[C@H](NC(=O)[C@H](Cc1ccccc1)NC(=O)[C@H](CCCN=C(N)N)NC(=O)[C@H](CCCN=C(N)N)NC(=O)CN)C(=O)N[C@@H](CCCN=C(N)N)C(=O)N[C@H](C(=O)O)C(C)C. The third-order valence-corrected chi connectivity index (χ3v) is 9.88. The normalized spacial score (nSPS) is 14.1. The highest BCUT2D eigenvalue weighted by Crippen LogP contribution is 2.13. The fourth-order valence-corrected chi connectivity index (χ4v) is 6.16. The molecule has 0 saturated heterocycles. The molecule has 0 unspecified atom stereocenters. The lowest BCUT2D eigenvalue weighted by Gasteiger charge is -2.30. The van der Waals surface area contributed by atoms with Gasteiger partial charge in [0, 0.05) is 26.1 Å². The summed E-state index contributed by atoms with van der Waals surface area (Å²) in [6.07, 6.45) is 1.12. The maximum absolute atomic E-state index is 14.3. The molecular weight excluding hydrogens is 833 g/mol. The van der Waals surface area contributed by atoms with Crippen LogP contribution < -0.4 is 72.0 Å². The molecular formula is C40H70N16O8. The first-order valence-electron chi connectivity index (χ1n) is 21.1. The van der Waals surface area contributed by atoms with E-state index >= 15 is 0 Å². The number of carboxylic acid groups (broad SMARTS) is 1. The number of carbonyl (C=O) groups is 7. The van der Waals surface area contributed by atoms with Crippen molar-refractivity contribution in [2.75, 3.05) is 26.2 Å². The predicted octanol–water partition coefficient (Wildman–Crippen LogP) is -3.96. The Bertz CT molecular complexity index is 1770. The Labute approximate surface area is 373 Å². The van der Waals surface area contributed by atoms with E-state index in [1.807, 2.05) is 0 Å². The lowest BCUT2D eigenvalue weighted by molar-refractivity contribution is -0.143. The summed E-state index contributed by atoms with van der Waals surface area (Å²) < 4.78 is 0. The smallest absolute Gasteiger partial charge is 0.326 e. The summed E-state index contributed by atoms with van der Waals surface area (Å²) in [5.74, 6) is -7.22. The van der Waals surface area contributed by atoms with Crippen LogP contribution in [0.15, 0.2) is 45.3 Å². The van der Waals surface area contributed by atoms with Gasteiger partial charge in [0.15, 0.2) is 17.9 Å². The van der Waals surface area contributed by atoms with Crippen LogP contribution in [0.1, 0.15) is 78.2 Å². The average Bonchev–Trinajstić information content (AvgIpc) is 3.23. The second-order valence-electron chi connectivity index (χ2n) is 15.5. The number of nitrogens with zero attached hydrogens (tertiary/aromatic N) is 3. The minimum Gasteiger partial charge on any atom is -0.480 e. The van der Waals surface area contributed by atoms with E-state index in [0.717, 1.165) is 0 Å². The number of nitrogens with one attached hydrogen (secondary N) is 6. The Morgan fingerprint density at radius 3 is 1.36 bits per heavy atom. The highest BCUT2D eigenvalue weighted by Gasteiger charge is 2.35. The van der Waals surface area contributed by atoms with E-state index in [2.05, 4.69) is 46.9 Å². The van der Waals surface area contributed by atoms with Crippen LogP contribution in [-0.2, 0) is 40.0 Å². The molecule has 0 spiro atoms. The zero-order valence-corrected chi connectivity index (χ0v) is 37.2. The van der Waals surface area contributed by atoms with Crippen LogP contribution in [0, 0.1) is 11.8 Å². The van der Waals surface area contributed by atoms with Crippen LogP contribution in [0.5, 0.6) is 0 Å². The summed E-state index contributed by atoms with van der Waals surface area (Å²) in [6, 6.07) is 1.21. The van der Waals surface area contributed by atoms with Crippen molar-refractivity contribution in [1.29, 1.82) is 0 Å². The zero-order chi connectivity index (χ0) is 48.4. The van der Waals surface area contributed by atoms with Crippen molar-refractivity contribution in [1.82, 2.24) is 31.9 Å². The third-order valence-electron chi connectivity index (χ3n) is 9.88. The summed E-state index contributed by atoms with van der Waals surface area (Å²) in [7, 11) is 0. The topological polar surface area (TPSA) is 431 Å². The van der Waals surface area contributed by atoms with Gasteiger partial charge in [0.25, 0.3) is 0 Å². The van der Waals surface area contributed by atoms with Crippen LogP contribution in [-0.4, -0.2) is 127 Å². The van der Waals surface area contributed by atoms with E-state index in [0.29, 0.717) is 12.0 Å². The minimum absolute atomic E-state index is 0.00989. The van der Waals surface area contributed by atoms with Crippen LogP contribution in [0.4, 0.5) is 0 Å². The molecule has 0 aliphatic rings. The molecule has 0 aliphatic heterocycles. The molecule has 24 nitrogen and oxygen atoms in total. The van der Waals surface area contributed by atoms with Gasteiger partial charge in [-0.15, -0.1) is 0 Å². The van der Waals surface area contributed by atoms with Crippen molar-refractivity contribution in [2.24, 2.45) is 66.9 Å². The van der Waals surface area contributed by atoms with Crippen molar-refractivity contribution in [3.8, 4) is 0 Å². The molecule has 0 aromatic heterocycles. The molecule has 6 amide bonds. The van der Waals surface area contributed by atoms with Gasteiger partial charge in [0.05, 0.1) is 6.54 Å². The molecule has 0 bridgehead atoms. The van der Waals surface area contributed by atoms with Gasteiger partial charge in [-0.05, 0) is 55.9 Å². The predicted molar refractivity (Wildman–Crippen MR) is 242 cm³/mol. The molecule has 0 heterocycles. The number of hydrogen-bond acceptors (Lipinski definition) is 11. The number of carboxylic acids is 1. The summed E-state index contributed by atoms with van der Waals surface area (Å²) in [4.78, 5) is 106.